The van der Waals surface area contributed by atoms with Gasteiger partial charge >= 0.3 is 0 Å². The Morgan fingerprint density at radius 1 is 0.405 bits per heavy atom. The molecule has 0 atom stereocenters. The molecule has 0 heterocycles. The Kier molecular flexibility index (Phi) is 36.0. The zero-order valence-electron chi connectivity index (χ0n) is 24.9. The quantitative estimate of drug-likeness (QED) is 0.136. The zero-order valence-corrected chi connectivity index (χ0v) is 24.9. The molecule has 9 heteroatoms. The lowest BCUT2D eigenvalue weighted by Crippen LogP contribution is -2.33. The summed E-state index contributed by atoms with van der Waals surface area (Å²) in [6.45, 7) is 15.5. The maximum atomic E-state index is 11.8. The number of amides is 4. The third-order valence-electron chi connectivity index (χ3n) is 5.07. The third kappa shape index (κ3) is 33.8. The second-order valence-electron chi connectivity index (χ2n) is 8.27. The summed E-state index contributed by atoms with van der Waals surface area (Å²) < 4.78 is 0. The molecule has 0 radical (unpaired) electrons. The molecule has 0 rings (SSSR count). The fourth-order valence-electron chi connectivity index (χ4n) is 3.04. The zero-order chi connectivity index (χ0) is 28.6. The van der Waals surface area contributed by atoms with Gasteiger partial charge in [-0.2, -0.15) is 0 Å². The van der Waals surface area contributed by atoms with Gasteiger partial charge in [-0.05, 0) is 25.7 Å². The Hall–Kier alpha value is -2.16. The van der Waals surface area contributed by atoms with Gasteiger partial charge in [0.2, 0.25) is 23.6 Å². The van der Waals surface area contributed by atoms with Gasteiger partial charge in [0.1, 0.15) is 0 Å². The summed E-state index contributed by atoms with van der Waals surface area (Å²) >= 11 is 0. The highest BCUT2D eigenvalue weighted by molar-refractivity contribution is 5.77. The maximum absolute atomic E-state index is 11.8. The molecule has 220 valence electrons. The van der Waals surface area contributed by atoms with Crippen molar-refractivity contribution in [1.29, 1.82) is 0 Å². The first kappa shape index (κ1) is 39.4. The number of rotatable bonds is 22. The van der Waals surface area contributed by atoms with Crippen LogP contribution < -0.4 is 26.6 Å². The van der Waals surface area contributed by atoms with E-state index in [1.54, 1.807) is 0 Å². The van der Waals surface area contributed by atoms with E-state index in [-0.39, 0.29) is 23.6 Å². The molecular weight excluding hydrogens is 470 g/mol. The van der Waals surface area contributed by atoms with E-state index in [2.05, 4.69) is 40.4 Å². The van der Waals surface area contributed by atoms with E-state index in [4.69, 9.17) is 0 Å². The summed E-state index contributed by atoms with van der Waals surface area (Å²) in [6.07, 6.45) is 9.45. The van der Waals surface area contributed by atoms with Crippen LogP contribution in [0.1, 0.15) is 119 Å². The fourth-order valence-corrected chi connectivity index (χ4v) is 3.04. The van der Waals surface area contributed by atoms with E-state index >= 15 is 0 Å². The van der Waals surface area contributed by atoms with Gasteiger partial charge in [-0.15, -0.1) is 0 Å². The summed E-state index contributed by atoms with van der Waals surface area (Å²) in [5.74, 6) is 0.0658. The molecule has 0 aliphatic carbocycles. The standard InChI is InChI=1S/C24H47N5O4.2C2H6/c1-3-5-7-11-21(30)26-15-9-17-28-23(32)13-19-25-20-14-24(33)29-18-10-16-27-22(31)12-8-6-4-2;2*1-2/h25H,3-20H2,1-2H3,(H,26,30)(H,27,31)(H,28,32)(H,29,33);2*1-2H3. The highest BCUT2D eigenvalue weighted by Crippen LogP contribution is 1.98. The van der Waals surface area contributed by atoms with E-state index < -0.39 is 0 Å². The van der Waals surface area contributed by atoms with Gasteiger partial charge in [0.05, 0.1) is 0 Å². The average Bonchev–Trinajstić information content (AvgIpc) is 2.90. The number of hydrogen-bond acceptors (Lipinski definition) is 5. The van der Waals surface area contributed by atoms with Gasteiger partial charge in [0.25, 0.3) is 0 Å². The Balaban J connectivity index is -0.00000274. The second-order valence-corrected chi connectivity index (χ2v) is 8.27. The molecule has 5 N–H and O–H groups in total. The topological polar surface area (TPSA) is 128 Å². The molecule has 0 aliphatic heterocycles. The van der Waals surface area contributed by atoms with Gasteiger partial charge in [0.15, 0.2) is 0 Å². The minimum atomic E-state index is -0.0436. The molecular formula is C28H59N5O4. The smallest absolute Gasteiger partial charge is 0.221 e. The molecule has 0 aromatic carbocycles. The van der Waals surface area contributed by atoms with Crippen molar-refractivity contribution in [3.8, 4) is 0 Å². The van der Waals surface area contributed by atoms with Crippen LogP contribution in [0.3, 0.4) is 0 Å². The van der Waals surface area contributed by atoms with Crippen LogP contribution in [-0.4, -0.2) is 62.9 Å². The third-order valence-corrected chi connectivity index (χ3v) is 5.07. The van der Waals surface area contributed by atoms with E-state index in [0.717, 1.165) is 38.5 Å². The van der Waals surface area contributed by atoms with Crippen LogP contribution in [0.2, 0.25) is 0 Å². The number of hydrogen-bond donors (Lipinski definition) is 5. The summed E-state index contributed by atoms with van der Waals surface area (Å²) in [4.78, 5) is 46.7. The van der Waals surface area contributed by atoms with E-state index in [9.17, 15) is 19.2 Å². The maximum Gasteiger partial charge on any atom is 0.221 e. The monoisotopic (exact) mass is 529 g/mol. The van der Waals surface area contributed by atoms with Crippen LogP contribution in [-0.2, 0) is 19.2 Å². The Bertz CT molecular complexity index is 499. The lowest BCUT2D eigenvalue weighted by atomic mass is 10.2. The van der Waals surface area contributed by atoms with Gasteiger partial charge in [-0.1, -0.05) is 67.2 Å². The first-order chi connectivity index (χ1) is 18.0. The van der Waals surface area contributed by atoms with Gasteiger partial charge < -0.3 is 26.6 Å². The van der Waals surface area contributed by atoms with Crippen LogP contribution in [0, 0.1) is 0 Å². The van der Waals surface area contributed by atoms with Crippen molar-refractivity contribution in [2.75, 3.05) is 39.3 Å². The number of nitrogens with one attached hydrogen (secondary N) is 5. The number of carbonyl (C=O) groups excluding carboxylic acids is 4. The molecule has 0 aromatic rings. The fraction of sp³-hybridized carbons (Fsp3) is 0.857. The molecule has 0 saturated heterocycles. The molecule has 0 bridgehead atoms. The van der Waals surface area contributed by atoms with Crippen LogP contribution >= 0.6 is 0 Å². The van der Waals surface area contributed by atoms with Crippen LogP contribution in [0.25, 0.3) is 0 Å². The minimum Gasteiger partial charge on any atom is -0.356 e. The largest absolute Gasteiger partial charge is 0.356 e. The Morgan fingerprint density at radius 3 is 1.00 bits per heavy atom. The predicted molar refractivity (Wildman–Crippen MR) is 154 cm³/mol. The second kappa shape index (κ2) is 33.8. The lowest BCUT2D eigenvalue weighted by molar-refractivity contribution is -0.122. The molecule has 0 fully saturated rings. The van der Waals surface area contributed by atoms with Gasteiger partial charge in [-0.3, -0.25) is 19.2 Å². The molecule has 0 aliphatic rings. The summed E-state index contributed by atoms with van der Waals surface area (Å²) in [5, 5.41) is 14.5. The Labute approximate surface area is 227 Å². The number of carbonyl (C=O) groups is 4. The molecule has 0 unspecified atom stereocenters. The van der Waals surface area contributed by atoms with E-state index in [0.29, 0.717) is 77.8 Å². The highest BCUT2D eigenvalue weighted by Gasteiger charge is 2.04. The van der Waals surface area contributed by atoms with E-state index in [1.165, 1.54) is 0 Å². The molecule has 37 heavy (non-hydrogen) atoms. The van der Waals surface area contributed by atoms with Crippen molar-refractivity contribution in [2.24, 2.45) is 0 Å². The van der Waals surface area contributed by atoms with Crippen molar-refractivity contribution in [3.63, 3.8) is 0 Å². The SMILES string of the molecule is CC.CC.CCCCCC(=O)NCCCNC(=O)CCNCCC(=O)NCCCNC(=O)CCCCC. The predicted octanol–water partition coefficient (Wildman–Crippen LogP) is 3.81. The summed E-state index contributed by atoms with van der Waals surface area (Å²) in [7, 11) is 0. The van der Waals surface area contributed by atoms with Gasteiger partial charge in [-0.25, -0.2) is 0 Å². The summed E-state index contributed by atoms with van der Waals surface area (Å²) in [5.41, 5.74) is 0. The normalized spacial score (nSPS) is 9.68. The summed E-state index contributed by atoms with van der Waals surface area (Å²) in [6, 6.07) is 0. The van der Waals surface area contributed by atoms with Crippen molar-refractivity contribution in [1.82, 2.24) is 26.6 Å². The van der Waals surface area contributed by atoms with Crippen LogP contribution in [0.4, 0.5) is 0 Å². The van der Waals surface area contributed by atoms with Gasteiger partial charge in [0, 0.05) is 65.0 Å². The van der Waals surface area contributed by atoms with Crippen LogP contribution in [0.15, 0.2) is 0 Å². The van der Waals surface area contributed by atoms with Crippen molar-refractivity contribution in [3.05, 3.63) is 0 Å². The molecule has 0 spiro atoms. The molecule has 9 nitrogen and oxygen atoms in total. The first-order valence-corrected chi connectivity index (χ1v) is 14.8. The van der Waals surface area contributed by atoms with Crippen molar-refractivity contribution >= 4 is 23.6 Å². The first-order valence-electron chi connectivity index (χ1n) is 14.8. The number of unbranched alkanes of at least 4 members (excludes halogenated alkanes) is 4. The lowest BCUT2D eigenvalue weighted by Gasteiger charge is -2.08. The molecule has 0 aromatic heterocycles. The van der Waals surface area contributed by atoms with Crippen molar-refractivity contribution in [2.45, 2.75) is 119 Å². The van der Waals surface area contributed by atoms with E-state index in [1.807, 2.05) is 27.7 Å². The minimum absolute atomic E-state index is 0.0436. The molecule has 4 amide bonds. The van der Waals surface area contributed by atoms with Crippen molar-refractivity contribution < 1.29 is 19.2 Å². The average molecular weight is 530 g/mol. The highest BCUT2D eigenvalue weighted by atomic mass is 16.2. The molecule has 0 saturated carbocycles. The van der Waals surface area contributed by atoms with Crippen LogP contribution in [0.5, 0.6) is 0 Å². The Morgan fingerprint density at radius 2 is 0.703 bits per heavy atom.